The second-order valence-electron chi connectivity index (χ2n) is 4.59. The van der Waals surface area contributed by atoms with E-state index in [1.165, 1.54) is 0 Å². The summed E-state index contributed by atoms with van der Waals surface area (Å²) in [4.78, 5) is 25.2. The first-order chi connectivity index (χ1) is 7.72. The number of carbonyl (C=O) groups excluding carboxylic acids is 2. The lowest BCUT2D eigenvalue weighted by molar-refractivity contribution is -0.136. The normalized spacial score (nSPS) is 27.8. The van der Waals surface area contributed by atoms with Crippen molar-refractivity contribution < 1.29 is 9.59 Å². The van der Waals surface area contributed by atoms with Gasteiger partial charge in [0.05, 0.1) is 5.92 Å². The summed E-state index contributed by atoms with van der Waals surface area (Å²) in [5, 5.41) is 5.84. The molecule has 2 amide bonds. The Bertz CT molecular complexity index is 298. The highest BCUT2D eigenvalue weighted by Crippen LogP contribution is 2.21. The summed E-state index contributed by atoms with van der Waals surface area (Å²) in [7, 11) is 1.90. The monoisotopic (exact) mass is 261 g/mol. The number of halogens is 1. The number of hydrogen-bond acceptors (Lipinski definition) is 3. The minimum absolute atomic E-state index is 0. The maximum absolute atomic E-state index is 12.2. The van der Waals surface area contributed by atoms with Gasteiger partial charge in [0.25, 0.3) is 0 Å². The second kappa shape index (κ2) is 6.21. The lowest BCUT2D eigenvalue weighted by atomic mass is 10.1. The molecule has 0 bridgehead atoms. The highest BCUT2D eigenvalue weighted by molar-refractivity contribution is 5.89. The van der Waals surface area contributed by atoms with Crippen molar-refractivity contribution in [1.29, 1.82) is 0 Å². The van der Waals surface area contributed by atoms with E-state index in [2.05, 4.69) is 10.6 Å². The van der Waals surface area contributed by atoms with Crippen molar-refractivity contribution in [2.75, 3.05) is 26.7 Å². The molecule has 2 rings (SSSR count). The van der Waals surface area contributed by atoms with E-state index < -0.39 is 0 Å². The molecule has 2 aliphatic heterocycles. The van der Waals surface area contributed by atoms with Crippen LogP contribution in [0, 0.1) is 5.92 Å². The van der Waals surface area contributed by atoms with Gasteiger partial charge in [0.15, 0.2) is 0 Å². The molecule has 6 heteroatoms. The molecule has 0 aliphatic carbocycles. The van der Waals surface area contributed by atoms with E-state index in [1.807, 2.05) is 11.9 Å². The number of nitrogens with zero attached hydrogens (tertiary/aromatic N) is 1. The molecule has 2 N–H and O–H groups in total. The predicted molar refractivity (Wildman–Crippen MR) is 67.0 cm³/mol. The van der Waals surface area contributed by atoms with Crippen molar-refractivity contribution in [3.8, 4) is 0 Å². The van der Waals surface area contributed by atoms with Gasteiger partial charge in [-0.1, -0.05) is 0 Å². The molecule has 0 aromatic heterocycles. The number of carbonyl (C=O) groups is 2. The van der Waals surface area contributed by atoms with Gasteiger partial charge in [0.2, 0.25) is 11.8 Å². The van der Waals surface area contributed by atoms with Gasteiger partial charge in [-0.2, -0.15) is 0 Å². The first-order valence-electron chi connectivity index (χ1n) is 5.94. The van der Waals surface area contributed by atoms with Crippen LogP contribution in [0.2, 0.25) is 0 Å². The third kappa shape index (κ3) is 3.10. The maximum atomic E-state index is 12.2. The van der Waals surface area contributed by atoms with E-state index >= 15 is 0 Å². The van der Waals surface area contributed by atoms with E-state index in [-0.39, 0.29) is 30.1 Å². The van der Waals surface area contributed by atoms with Crippen LogP contribution in [0.3, 0.4) is 0 Å². The minimum Gasteiger partial charge on any atom is -0.355 e. The summed E-state index contributed by atoms with van der Waals surface area (Å²) < 4.78 is 0. The zero-order valence-electron chi connectivity index (χ0n) is 10.1. The van der Waals surface area contributed by atoms with E-state index in [1.54, 1.807) is 0 Å². The summed E-state index contributed by atoms with van der Waals surface area (Å²) >= 11 is 0. The average molecular weight is 262 g/mol. The molecule has 98 valence electrons. The fourth-order valence-corrected chi connectivity index (χ4v) is 2.59. The fourth-order valence-electron chi connectivity index (χ4n) is 2.59. The van der Waals surface area contributed by atoms with Crippen LogP contribution in [0.1, 0.15) is 19.3 Å². The Balaban J connectivity index is 0.00000144. The van der Waals surface area contributed by atoms with Crippen LogP contribution in [0.4, 0.5) is 0 Å². The Morgan fingerprint density at radius 3 is 2.94 bits per heavy atom. The van der Waals surface area contributed by atoms with Gasteiger partial charge in [0, 0.05) is 32.1 Å². The second-order valence-corrected chi connectivity index (χ2v) is 4.59. The lowest BCUT2D eigenvalue weighted by Crippen LogP contribution is -2.44. The Hall–Kier alpha value is -0.810. The van der Waals surface area contributed by atoms with Crippen LogP contribution in [-0.4, -0.2) is 49.4 Å². The van der Waals surface area contributed by atoms with Crippen LogP contribution in [0.5, 0.6) is 0 Å². The quantitative estimate of drug-likeness (QED) is 0.737. The van der Waals surface area contributed by atoms with Crippen molar-refractivity contribution in [3.63, 3.8) is 0 Å². The largest absolute Gasteiger partial charge is 0.355 e. The van der Waals surface area contributed by atoms with Crippen molar-refractivity contribution in [3.05, 3.63) is 0 Å². The number of rotatable bonds is 3. The van der Waals surface area contributed by atoms with Gasteiger partial charge in [-0.05, 0) is 19.9 Å². The first-order valence-corrected chi connectivity index (χ1v) is 5.94. The van der Waals surface area contributed by atoms with Gasteiger partial charge < -0.3 is 15.5 Å². The molecule has 0 aromatic rings. The van der Waals surface area contributed by atoms with Gasteiger partial charge in [0.1, 0.15) is 0 Å². The Morgan fingerprint density at radius 2 is 2.35 bits per heavy atom. The first kappa shape index (κ1) is 14.3. The number of likely N-dealkylation sites (tertiary alicyclic amines) is 1. The fraction of sp³-hybridized carbons (Fsp3) is 0.818. The van der Waals surface area contributed by atoms with E-state index in [4.69, 9.17) is 0 Å². The van der Waals surface area contributed by atoms with Crippen molar-refractivity contribution >= 4 is 24.2 Å². The maximum Gasteiger partial charge on any atom is 0.228 e. The van der Waals surface area contributed by atoms with Gasteiger partial charge in [-0.15, -0.1) is 12.4 Å². The topological polar surface area (TPSA) is 61.4 Å². The standard InChI is InChI=1S/C11H19N3O2.ClH/c1-12-7-9-3-2-4-14(9)11(16)8-5-10(15)13-6-8;/h8-9,12H,2-7H2,1H3,(H,13,15);1H. The van der Waals surface area contributed by atoms with Crippen LogP contribution in [-0.2, 0) is 9.59 Å². The molecular weight excluding hydrogens is 242 g/mol. The molecule has 0 radical (unpaired) electrons. The van der Waals surface area contributed by atoms with Crippen LogP contribution >= 0.6 is 12.4 Å². The molecule has 0 saturated carbocycles. The minimum atomic E-state index is -0.134. The number of hydrogen-bond donors (Lipinski definition) is 2. The molecule has 2 unspecified atom stereocenters. The number of likely N-dealkylation sites (N-methyl/N-ethyl adjacent to an activating group) is 1. The highest BCUT2D eigenvalue weighted by atomic mass is 35.5. The van der Waals surface area contributed by atoms with Gasteiger partial charge in [-0.25, -0.2) is 0 Å². The third-order valence-electron chi connectivity index (χ3n) is 3.43. The Morgan fingerprint density at radius 1 is 1.59 bits per heavy atom. The van der Waals surface area contributed by atoms with Crippen molar-refractivity contribution in [2.45, 2.75) is 25.3 Å². The molecule has 2 atom stereocenters. The summed E-state index contributed by atoms with van der Waals surface area (Å²) in [6.45, 7) is 2.20. The SMILES string of the molecule is CNCC1CCCN1C(=O)C1CNC(=O)C1.Cl. The van der Waals surface area contributed by atoms with Gasteiger partial charge in [-0.3, -0.25) is 9.59 Å². The zero-order chi connectivity index (χ0) is 11.5. The van der Waals surface area contributed by atoms with Crippen LogP contribution < -0.4 is 10.6 Å². The predicted octanol–water partition coefficient (Wildman–Crippen LogP) is -0.245. The van der Waals surface area contributed by atoms with Crippen molar-refractivity contribution in [1.82, 2.24) is 15.5 Å². The van der Waals surface area contributed by atoms with Crippen LogP contribution in [0.15, 0.2) is 0 Å². The number of nitrogens with one attached hydrogen (secondary N) is 2. The molecule has 0 spiro atoms. The third-order valence-corrected chi connectivity index (χ3v) is 3.43. The van der Waals surface area contributed by atoms with Gasteiger partial charge >= 0.3 is 0 Å². The molecule has 2 aliphatic rings. The molecule has 2 fully saturated rings. The molecule has 5 nitrogen and oxygen atoms in total. The molecule has 2 saturated heterocycles. The average Bonchev–Trinajstić information content (AvgIpc) is 2.87. The molecule has 2 heterocycles. The van der Waals surface area contributed by atoms with E-state index in [0.29, 0.717) is 19.0 Å². The van der Waals surface area contributed by atoms with E-state index in [9.17, 15) is 9.59 Å². The van der Waals surface area contributed by atoms with Crippen molar-refractivity contribution in [2.24, 2.45) is 5.92 Å². The lowest BCUT2D eigenvalue weighted by Gasteiger charge is -2.26. The van der Waals surface area contributed by atoms with E-state index in [0.717, 1.165) is 25.9 Å². The Labute approximate surface area is 108 Å². The smallest absolute Gasteiger partial charge is 0.228 e. The molecule has 0 aromatic carbocycles. The summed E-state index contributed by atoms with van der Waals surface area (Å²) in [5.74, 6) is 0.0174. The van der Waals surface area contributed by atoms with Crippen LogP contribution in [0.25, 0.3) is 0 Å². The summed E-state index contributed by atoms with van der Waals surface area (Å²) in [6, 6.07) is 0.313. The highest BCUT2D eigenvalue weighted by Gasteiger charge is 2.36. The zero-order valence-corrected chi connectivity index (χ0v) is 10.9. The summed E-state index contributed by atoms with van der Waals surface area (Å²) in [6.07, 6.45) is 2.51. The molecule has 17 heavy (non-hydrogen) atoms. The Kier molecular flexibility index (Phi) is 5.21. The molecular formula is C11H20ClN3O2. The number of amides is 2. The summed E-state index contributed by atoms with van der Waals surface area (Å²) in [5.41, 5.74) is 0.